The molecule has 0 unspecified atom stereocenters. The summed E-state index contributed by atoms with van der Waals surface area (Å²) in [7, 11) is 0. The Bertz CT molecular complexity index is 921. The molecule has 7 nitrogen and oxygen atoms in total. The number of piperazine rings is 1. The van der Waals surface area contributed by atoms with Crippen LogP contribution in [0, 0.1) is 0 Å². The fourth-order valence-electron chi connectivity index (χ4n) is 3.15. The molecule has 1 aliphatic rings. The Hall–Kier alpha value is -2.93. The van der Waals surface area contributed by atoms with Gasteiger partial charge in [0.2, 0.25) is 5.91 Å². The first kappa shape index (κ1) is 17.5. The normalized spacial score (nSPS) is 14.4. The van der Waals surface area contributed by atoms with E-state index in [9.17, 15) is 4.79 Å². The van der Waals surface area contributed by atoms with Gasteiger partial charge in [0, 0.05) is 49.7 Å². The lowest BCUT2D eigenvalue weighted by Gasteiger charge is -2.35. The molecule has 1 aliphatic heterocycles. The number of aromatic nitrogens is 4. The van der Waals surface area contributed by atoms with Crippen molar-refractivity contribution in [3.63, 3.8) is 0 Å². The van der Waals surface area contributed by atoms with Crippen LogP contribution >= 0.6 is 11.6 Å². The van der Waals surface area contributed by atoms with Crippen LogP contribution in [0.3, 0.4) is 0 Å². The van der Waals surface area contributed by atoms with E-state index in [0.29, 0.717) is 24.5 Å². The Labute approximate surface area is 162 Å². The average molecular weight is 383 g/mol. The van der Waals surface area contributed by atoms with Gasteiger partial charge in [-0.05, 0) is 11.6 Å². The van der Waals surface area contributed by atoms with E-state index in [-0.39, 0.29) is 5.91 Å². The van der Waals surface area contributed by atoms with Gasteiger partial charge in [-0.25, -0.2) is 15.0 Å². The summed E-state index contributed by atoms with van der Waals surface area (Å²) < 4.78 is 1.84. The Morgan fingerprint density at radius 2 is 1.85 bits per heavy atom. The van der Waals surface area contributed by atoms with Crippen molar-refractivity contribution >= 4 is 23.3 Å². The zero-order valence-electron chi connectivity index (χ0n) is 14.7. The van der Waals surface area contributed by atoms with Gasteiger partial charge in [-0.1, -0.05) is 29.8 Å². The first-order chi connectivity index (χ1) is 13.2. The predicted octanol–water partition coefficient (Wildman–Crippen LogP) is 2.21. The fourth-order valence-corrected chi connectivity index (χ4v) is 3.35. The van der Waals surface area contributed by atoms with E-state index < -0.39 is 0 Å². The van der Waals surface area contributed by atoms with E-state index in [4.69, 9.17) is 11.6 Å². The number of halogens is 1. The van der Waals surface area contributed by atoms with Crippen LogP contribution in [0.25, 0.3) is 5.82 Å². The highest BCUT2D eigenvalue weighted by Crippen LogP contribution is 2.19. The molecule has 1 saturated heterocycles. The quantitative estimate of drug-likeness (QED) is 0.692. The van der Waals surface area contributed by atoms with Crippen molar-refractivity contribution in [3.8, 4) is 5.82 Å². The van der Waals surface area contributed by atoms with Crippen LogP contribution in [-0.2, 0) is 11.2 Å². The lowest BCUT2D eigenvalue weighted by molar-refractivity contribution is -0.130. The maximum atomic E-state index is 12.6. The van der Waals surface area contributed by atoms with Gasteiger partial charge < -0.3 is 9.80 Å². The highest BCUT2D eigenvalue weighted by Gasteiger charge is 2.22. The molecule has 0 radical (unpaired) electrons. The number of imidazole rings is 1. The third kappa shape index (κ3) is 3.93. The average Bonchev–Trinajstić information content (AvgIpc) is 3.25. The van der Waals surface area contributed by atoms with Crippen molar-refractivity contribution in [2.24, 2.45) is 0 Å². The molecule has 27 heavy (non-hydrogen) atoms. The number of carbonyl (C=O) groups excluding carboxylic acids is 1. The second-order valence-electron chi connectivity index (χ2n) is 6.34. The van der Waals surface area contributed by atoms with Crippen molar-refractivity contribution in [2.45, 2.75) is 6.42 Å². The van der Waals surface area contributed by atoms with Crippen LogP contribution < -0.4 is 4.90 Å². The number of nitrogens with zero attached hydrogens (tertiary/aromatic N) is 6. The van der Waals surface area contributed by atoms with Gasteiger partial charge in [0.25, 0.3) is 0 Å². The molecule has 138 valence electrons. The minimum absolute atomic E-state index is 0.101. The summed E-state index contributed by atoms with van der Waals surface area (Å²) in [5.41, 5.74) is 0.868. The van der Waals surface area contributed by atoms with E-state index in [0.717, 1.165) is 30.3 Å². The van der Waals surface area contributed by atoms with Gasteiger partial charge in [0.1, 0.15) is 24.3 Å². The molecule has 4 rings (SSSR count). The van der Waals surface area contributed by atoms with Gasteiger partial charge in [0.05, 0.1) is 6.42 Å². The first-order valence-corrected chi connectivity index (χ1v) is 9.15. The standard InChI is InChI=1S/C19H19ClN6O/c20-16-4-2-1-3-15(16)11-19(27)25-9-7-24(8-10-25)17-12-18(23-13-22-17)26-6-5-21-14-26/h1-6,12-14H,7-11H2. The predicted molar refractivity (Wildman–Crippen MR) is 103 cm³/mol. The maximum Gasteiger partial charge on any atom is 0.227 e. The third-order valence-electron chi connectivity index (χ3n) is 4.66. The molecule has 0 saturated carbocycles. The fraction of sp³-hybridized carbons (Fsp3) is 0.263. The minimum atomic E-state index is 0.101. The highest BCUT2D eigenvalue weighted by molar-refractivity contribution is 6.31. The molecule has 0 bridgehead atoms. The van der Waals surface area contributed by atoms with Gasteiger partial charge in [0.15, 0.2) is 0 Å². The number of rotatable bonds is 4. The molecule has 1 amide bonds. The number of hydrogen-bond acceptors (Lipinski definition) is 5. The second kappa shape index (κ2) is 7.75. The van der Waals surface area contributed by atoms with E-state index >= 15 is 0 Å². The molecule has 0 aliphatic carbocycles. The smallest absolute Gasteiger partial charge is 0.227 e. The van der Waals surface area contributed by atoms with Crippen LogP contribution in [0.1, 0.15) is 5.56 Å². The Kier molecular flexibility index (Phi) is 5.02. The molecular formula is C19H19ClN6O. The minimum Gasteiger partial charge on any atom is -0.353 e. The van der Waals surface area contributed by atoms with Gasteiger partial charge in [-0.15, -0.1) is 0 Å². The lowest BCUT2D eigenvalue weighted by atomic mass is 10.1. The number of hydrogen-bond donors (Lipinski definition) is 0. The Balaban J connectivity index is 1.38. The second-order valence-corrected chi connectivity index (χ2v) is 6.75. The van der Waals surface area contributed by atoms with Crippen molar-refractivity contribution in [2.75, 3.05) is 31.1 Å². The van der Waals surface area contributed by atoms with Crippen LogP contribution in [0.15, 0.2) is 55.4 Å². The van der Waals surface area contributed by atoms with Gasteiger partial charge in [-0.2, -0.15) is 0 Å². The summed E-state index contributed by atoms with van der Waals surface area (Å²) in [5, 5.41) is 0.637. The monoisotopic (exact) mass is 382 g/mol. The first-order valence-electron chi connectivity index (χ1n) is 8.77. The molecule has 8 heteroatoms. The van der Waals surface area contributed by atoms with Crippen LogP contribution in [0.5, 0.6) is 0 Å². The summed E-state index contributed by atoms with van der Waals surface area (Å²) in [6.07, 6.45) is 7.15. The van der Waals surface area contributed by atoms with E-state index in [1.165, 1.54) is 0 Å². The largest absolute Gasteiger partial charge is 0.353 e. The summed E-state index contributed by atoms with van der Waals surface area (Å²) in [6, 6.07) is 9.42. The van der Waals surface area contributed by atoms with Crippen LogP contribution in [0.4, 0.5) is 5.82 Å². The Morgan fingerprint density at radius 1 is 1.07 bits per heavy atom. The number of benzene rings is 1. The van der Waals surface area contributed by atoms with E-state index in [2.05, 4.69) is 19.9 Å². The van der Waals surface area contributed by atoms with Crippen molar-refractivity contribution in [1.29, 1.82) is 0 Å². The number of amides is 1. The summed E-state index contributed by atoms with van der Waals surface area (Å²) in [4.78, 5) is 29.4. The Morgan fingerprint density at radius 3 is 2.59 bits per heavy atom. The zero-order valence-corrected chi connectivity index (χ0v) is 15.5. The lowest BCUT2D eigenvalue weighted by Crippen LogP contribution is -2.49. The third-order valence-corrected chi connectivity index (χ3v) is 5.03. The number of anilines is 1. The summed E-state index contributed by atoms with van der Waals surface area (Å²) in [5.74, 6) is 1.73. The van der Waals surface area contributed by atoms with Gasteiger partial charge >= 0.3 is 0 Å². The molecule has 1 aromatic carbocycles. The van der Waals surface area contributed by atoms with Crippen molar-refractivity contribution < 1.29 is 4.79 Å². The molecule has 3 aromatic rings. The van der Waals surface area contributed by atoms with Gasteiger partial charge in [-0.3, -0.25) is 9.36 Å². The molecule has 0 atom stereocenters. The highest BCUT2D eigenvalue weighted by atomic mass is 35.5. The zero-order chi connectivity index (χ0) is 18.6. The van der Waals surface area contributed by atoms with Crippen molar-refractivity contribution in [1.82, 2.24) is 24.4 Å². The summed E-state index contributed by atoms with van der Waals surface area (Å²) >= 11 is 6.17. The van der Waals surface area contributed by atoms with Crippen LogP contribution in [-0.4, -0.2) is 56.5 Å². The topological polar surface area (TPSA) is 67.2 Å². The molecule has 1 fully saturated rings. The molecule has 3 heterocycles. The van der Waals surface area contributed by atoms with E-state index in [1.807, 2.05) is 46.0 Å². The van der Waals surface area contributed by atoms with Crippen LogP contribution in [0.2, 0.25) is 5.02 Å². The van der Waals surface area contributed by atoms with Crippen molar-refractivity contribution in [3.05, 3.63) is 66.0 Å². The molecular weight excluding hydrogens is 364 g/mol. The SMILES string of the molecule is O=C(Cc1ccccc1Cl)N1CCN(c2cc(-n3ccnc3)ncn2)CC1. The van der Waals surface area contributed by atoms with E-state index in [1.54, 1.807) is 18.9 Å². The summed E-state index contributed by atoms with van der Waals surface area (Å²) in [6.45, 7) is 2.78. The molecule has 0 N–H and O–H groups in total. The maximum absolute atomic E-state index is 12.6. The number of carbonyl (C=O) groups is 1. The molecule has 0 spiro atoms. The molecule has 2 aromatic heterocycles.